The Morgan fingerprint density at radius 3 is 2.44 bits per heavy atom. The van der Waals surface area contributed by atoms with Crippen molar-refractivity contribution in [2.45, 2.75) is 20.4 Å². The van der Waals surface area contributed by atoms with Gasteiger partial charge in [-0.05, 0) is 37.6 Å². The van der Waals surface area contributed by atoms with Crippen LogP contribution < -0.4 is 10.9 Å². The Bertz CT molecular complexity index is 956. The van der Waals surface area contributed by atoms with Crippen LogP contribution >= 0.6 is 0 Å². The number of anilines is 1. The molecular weight excluding hydrogens is 312 g/mol. The summed E-state index contributed by atoms with van der Waals surface area (Å²) in [6.45, 7) is 4.44. The Morgan fingerprint density at radius 2 is 1.72 bits per heavy atom. The van der Waals surface area contributed by atoms with E-state index in [1.54, 1.807) is 16.8 Å². The maximum Gasteiger partial charge on any atom is 0.257 e. The fraction of sp³-hybridized carbons (Fsp3) is 0.143. The lowest BCUT2D eigenvalue weighted by Gasteiger charge is -2.10. The van der Waals surface area contributed by atoms with Crippen LogP contribution in [0.4, 0.5) is 5.69 Å². The Morgan fingerprint density at radius 1 is 0.960 bits per heavy atom. The number of pyridine rings is 1. The lowest BCUT2D eigenvalue weighted by atomic mass is 10.1. The zero-order valence-corrected chi connectivity index (χ0v) is 14.3. The Kier molecular flexibility index (Phi) is 4.80. The van der Waals surface area contributed by atoms with Gasteiger partial charge >= 0.3 is 0 Å². The smallest absolute Gasteiger partial charge is 0.257 e. The highest BCUT2D eigenvalue weighted by Gasteiger charge is 2.08. The zero-order valence-electron chi connectivity index (χ0n) is 14.3. The molecule has 4 nitrogen and oxygen atoms in total. The highest BCUT2D eigenvalue weighted by molar-refractivity contribution is 6.04. The summed E-state index contributed by atoms with van der Waals surface area (Å²) in [5.41, 5.74) is 4.34. The average Bonchev–Trinajstić information content (AvgIpc) is 2.59. The molecule has 0 fully saturated rings. The Hall–Kier alpha value is -3.14. The molecule has 0 atom stereocenters. The molecule has 1 heterocycles. The van der Waals surface area contributed by atoms with E-state index in [0.29, 0.717) is 12.1 Å². The summed E-state index contributed by atoms with van der Waals surface area (Å²) >= 11 is 0. The van der Waals surface area contributed by atoms with Crippen LogP contribution in [0.15, 0.2) is 71.7 Å². The number of nitrogens with one attached hydrogen (secondary N) is 1. The fourth-order valence-corrected chi connectivity index (χ4v) is 2.64. The molecule has 126 valence electrons. The standard InChI is InChI=1S/C21H20N2O2/c1-15-6-9-19(10-7-15)22-21(25)18-8-11-20(24)23(14-18)13-17-5-3-4-16(2)12-17/h3-12,14H,13H2,1-2H3,(H,22,25). The highest BCUT2D eigenvalue weighted by Crippen LogP contribution is 2.11. The first-order valence-electron chi connectivity index (χ1n) is 8.15. The third-order valence-electron chi connectivity index (χ3n) is 3.99. The molecule has 0 radical (unpaired) electrons. The number of benzene rings is 2. The molecule has 25 heavy (non-hydrogen) atoms. The molecule has 0 aliphatic rings. The van der Waals surface area contributed by atoms with Gasteiger partial charge in [-0.2, -0.15) is 0 Å². The molecule has 1 aromatic heterocycles. The second-order valence-corrected chi connectivity index (χ2v) is 6.19. The van der Waals surface area contributed by atoms with Crippen molar-refractivity contribution in [3.05, 3.63) is 99.5 Å². The predicted molar refractivity (Wildman–Crippen MR) is 100 cm³/mol. The van der Waals surface area contributed by atoms with Crippen molar-refractivity contribution in [3.8, 4) is 0 Å². The summed E-state index contributed by atoms with van der Waals surface area (Å²) in [5.74, 6) is -0.234. The molecular formula is C21H20N2O2. The number of hydrogen-bond donors (Lipinski definition) is 1. The molecule has 0 saturated heterocycles. The van der Waals surface area contributed by atoms with Gasteiger partial charge in [0.1, 0.15) is 0 Å². The summed E-state index contributed by atoms with van der Waals surface area (Å²) in [7, 11) is 0. The lowest BCUT2D eigenvalue weighted by molar-refractivity contribution is 0.102. The van der Waals surface area contributed by atoms with Crippen LogP contribution in [-0.2, 0) is 6.54 Å². The Balaban J connectivity index is 1.82. The first kappa shape index (κ1) is 16.7. The molecule has 3 aromatic rings. The number of amides is 1. The van der Waals surface area contributed by atoms with Gasteiger partial charge < -0.3 is 9.88 Å². The van der Waals surface area contributed by atoms with Crippen LogP contribution in [0.5, 0.6) is 0 Å². The number of carbonyl (C=O) groups is 1. The van der Waals surface area contributed by atoms with Gasteiger partial charge in [0, 0.05) is 18.0 Å². The van der Waals surface area contributed by atoms with Gasteiger partial charge in [-0.25, -0.2) is 0 Å². The second-order valence-electron chi connectivity index (χ2n) is 6.19. The van der Waals surface area contributed by atoms with E-state index < -0.39 is 0 Å². The van der Waals surface area contributed by atoms with Crippen molar-refractivity contribution < 1.29 is 4.79 Å². The first-order chi connectivity index (χ1) is 12.0. The number of rotatable bonds is 4. The number of nitrogens with zero attached hydrogens (tertiary/aromatic N) is 1. The van der Waals surface area contributed by atoms with Crippen LogP contribution in [0.3, 0.4) is 0 Å². The second kappa shape index (κ2) is 7.18. The van der Waals surface area contributed by atoms with E-state index in [9.17, 15) is 9.59 Å². The number of aryl methyl sites for hydroxylation is 2. The van der Waals surface area contributed by atoms with E-state index in [1.165, 1.54) is 6.07 Å². The molecule has 1 amide bonds. The molecule has 0 saturated carbocycles. The van der Waals surface area contributed by atoms with Crippen molar-refractivity contribution in [1.29, 1.82) is 0 Å². The van der Waals surface area contributed by atoms with Crippen molar-refractivity contribution in [2.75, 3.05) is 5.32 Å². The third kappa shape index (κ3) is 4.23. The van der Waals surface area contributed by atoms with Crippen molar-refractivity contribution in [1.82, 2.24) is 4.57 Å². The van der Waals surface area contributed by atoms with E-state index >= 15 is 0 Å². The summed E-state index contributed by atoms with van der Waals surface area (Å²) in [5, 5.41) is 2.85. The van der Waals surface area contributed by atoms with Gasteiger partial charge in [-0.15, -0.1) is 0 Å². The third-order valence-corrected chi connectivity index (χ3v) is 3.99. The van der Waals surface area contributed by atoms with Gasteiger partial charge in [-0.1, -0.05) is 47.5 Å². The van der Waals surface area contributed by atoms with E-state index in [2.05, 4.69) is 5.32 Å². The van der Waals surface area contributed by atoms with Crippen LogP contribution in [0.2, 0.25) is 0 Å². The average molecular weight is 332 g/mol. The molecule has 4 heteroatoms. The zero-order chi connectivity index (χ0) is 17.8. The molecule has 0 bridgehead atoms. The van der Waals surface area contributed by atoms with E-state index in [-0.39, 0.29) is 11.5 Å². The Labute approximate surface area is 146 Å². The molecule has 1 N–H and O–H groups in total. The number of hydrogen-bond acceptors (Lipinski definition) is 2. The topological polar surface area (TPSA) is 51.1 Å². The van der Waals surface area contributed by atoms with Crippen LogP contribution in [0.25, 0.3) is 0 Å². The van der Waals surface area contributed by atoms with E-state index in [4.69, 9.17) is 0 Å². The quantitative estimate of drug-likeness (QED) is 0.791. The summed E-state index contributed by atoms with van der Waals surface area (Å²) in [6, 6.07) is 18.6. The molecule has 3 rings (SSSR count). The summed E-state index contributed by atoms with van der Waals surface area (Å²) < 4.78 is 1.55. The largest absolute Gasteiger partial charge is 0.322 e. The highest BCUT2D eigenvalue weighted by atomic mass is 16.2. The lowest BCUT2D eigenvalue weighted by Crippen LogP contribution is -2.22. The molecule has 0 spiro atoms. The first-order valence-corrected chi connectivity index (χ1v) is 8.15. The van der Waals surface area contributed by atoms with Gasteiger partial charge in [0.25, 0.3) is 11.5 Å². The maximum atomic E-state index is 12.4. The fourth-order valence-electron chi connectivity index (χ4n) is 2.64. The molecule has 0 aliphatic carbocycles. The minimum absolute atomic E-state index is 0.131. The maximum absolute atomic E-state index is 12.4. The number of carbonyl (C=O) groups excluding carboxylic acids is 1. The van der Waals surface area contributed by atoms with Crippen LogP contribution in [0.1, 0.15) is 27.0 Å². The molecule has 0 unspecified atom stereocenters. The molecule has 0 aliphatic heterocycles. The number of aromatic nitrogens is 1. The SMILES string of the molecule is Cc1ccc(NC(=O)c2ccc(=O)n(Cc3cccc(C)c3)c2)cc1. The predicted octanol–water partition coefficient (Wildman–Crippen LogP) is 3.77. The van der Waals surface area contributed by atoms with E-state index in [0.717, 1.165) is 22.4 Å². The van der Waals surface area contributed by atoms with Gasteiger partial charge in [0.2, 0.25) is 0 Å². The minimum Gasteiger partial charge on any atom is -0.322 e. The van der Waals surface area contributed by atoms with Crippen molar-refractivity contribution >= 4 is 11.6 Å². The minimum atomic E-state index is -0.234. The van der Waals surface area contributed by atoms with Gasteiger partial charge in [-0.3, -0.25) is 9.59 Å². The van der Waals surface area contributed by atoms with Crippen molar-refractivity contribution in [3.63, 3.8) is 0 Å². The monoisotopic (exact) mass is 332 g/mol. The van der Waals surface area contributed by atoms with E-state index in [1.807, 2.05) is 62.4 Å². The molecule has 2 aromatic carbocycles. The summed E-state index contributed by atoms with van der Waals surface area (Å²) in [4.78, 5) is 24.6. The normalized spacial score (nSPS) is 10.5. The van der Waals surface area contributed by atoms with Gasteiger partial charge in [0.15, 0.2) is 0 Å². The van der Waals surface area contributed by atoms with Crippen LogP contribution in [-0.4, -0.2) is 10.5 Å². The van der Waals surface area contributed by atoms with Crippen LogP contribution in [0, 0.1) is 13.8 Å². The summed E-state index contributed by atoms with van der Waals surface area (Å²) in [6.07, 6.45) is 1.61. The van der Waals surface area contributed by atoms with Gasteiger partial charge in [0.05, 0.1) is 12.1 Å². The van der Waals surface area contributed by atoms with Crippen molar-refractivity contribution in [2.24, 2.45) is 0 Å².